The third-order valence-corrected chi connectivity index (χ3v) is 5.00. The van der Waals surface area contributed by atoms with Crippen LogP contribution in [0.2, 0.25) is 0 Å². The van der Waals surface area contributed by atoms with Crippen molar-refractivity contribution in [2.75, 3.05) is 5.32 Å². The van der Waals surface area contributed by atoms with Gasteiger partial charge in [-0.05, 0) is 23.6 Å². The average molecular weight is 384 g/mol. The maximum atomic E-state index is 12.0. The average Bonchev–Trinajstić information content (AvgIpc) is 3.15. The van der Waals surface area contributed by atoms with Crippen molar-refractivity contribution in [2.45, 2.75) is 32.1 Å². The number of amides is 2. The lowest BCUT2D eigenvalue weighted by molar-refractivity contribution is -0.129. The van der Waals surface area contributed by atoms with Crippen LogP contribution in [0.5, 0.6) is 0 Å². The Bertz CT molecular complexity index is 936. The molecule has 0 aliphatic carbocycles. The molecule has 3 rings (SSSR count). The number of nitrogens with zero attached hydrogens (tertiary/aromatic N) is 2. The van der Waals surface area contributed by atoms with Crippen LogP contribution in [0.1, 0.15) is 32.1 Å². The highest BCUT2D eigenvalue weighted by Gasteiger charge is 2.12. The third kappa shape index (κ3) is 5.08. The van der Waals surface area contributed by atoms with Gasteiger partial charge in [-0.25, -0.2) is 5.48 Å². The molecule has 3 aromatic rings. The fraction of sp³-hybridized carbons (Fsp3) is 0.263. The quantitative estimate of drug-likeness (QED) is 0.312. The lowest BCUT2D eigenvalue weighted by Crippen LogP contribution is -2.17. The molecule has 0 atom stereocenters. The summed E-state index contributed by atoms with van der Waals surface area (Å²) < 4.78 is 0. The molecule has 27 heavy (non-hydrogen) atoms. The summed E-state index contributed by atoms with van der Waals surface area (Å²) in [6.07, 6.45) is 2.63. The molecule has 1 aromatic heterocycles. The fourth-order valence-electron chi connectivity index (χ4n) is 2.78. The van der Waals surface area contributed by atoms with Crippen LogP contribution in [0.4, 0.5) is 5.13 Å². The number of fused-ring (bicyclic) bond motifs is 1. The second-order valence-electron chi connectivity index (χ2n) is 6.08. The summed E-state index contributed by atoms with van der Waals surface area (Å²) in [7, 11) is 0. The highest BCUT2D eigenvalue weighted by molar-refractivity contribution is 7.18. The Morgan fingerprint density at radius 1 is 0.926 bits per heavy atom. The van der Waals surface area contributed by atoms with Crippen LogP contribution in [0.25, 0.3) is 21.3 Å². The number of rotatable bonds is 8. The third-order valence-electron chi connectivity index (χ3n) is 4.12. The van der Waals surface area contributed by atoms with E-state index in [1.165, 1.54) is 11.3 Å². The SMILES string of the molecule is O=C(CCCCCC(=O)Nc1nnc(-c2cccc3ccccc23)s1)NO. The minimum atomic E-state index is -0.408. The molecule has 0 unspecified atom stereocenters. The van der Waals surface area contributed by atoms with Crippen molar-refractivity contribution in [2.24, 2.45) is 0 Å². The first-order chi connectivity index (χ1) is 13.2. The molecule has 0 saturated carbocycles. The van der Waals surface area contributed by atoms with Crippen molar-refractivity contribution in [3.63, 3.8) is 0 Å². The molecule has 8 heteroatoms. The number of carbonyl (C=O) groups excluding carboxylic acids is 2. The Kier molecular flexibility index (Phi) is 6.45. The summed E-state index contributed by atoms with van der Waals surface area (Å²) in [4.78, 5) is 22.9. The molecule has 3 N–H and O–H groups in total. The highest BCUT2D eigenvalue weighted by atomic mass is 32.1. The maximum Gasteiger partial charge on any atom is 0.243 e. The molecule has 0 fully saturated rings. The van der Waals surface area contributed by atoms with Crippen molar-refractivity contribution in [1.29, 1.82) is 0 Å². The summed E-state index contributed by atoms with van der Waals surface area (Å²) in [6.45, 7) is 0. The minimum Gasteiger partial charge on any atom is -0.301 e. The first-order valence-corrected chi connectivity index (χ1v) is 9.53. The molecule has 2 aromatic carbocycles. The van der Waals surface area contributed by atoms with E-state index in [0.29, 0.717) is 24.4 Å². The summed E-state index contributed by atoms with van der Waals surface area (Å²) in [6, 6.07) is 14.1. The molecule has 0 aliphatic heterocycles. The number of hydrogen-bond donors (Lipinski definition) is 3. The molecule has 140 valence electrons. The summed E-state index contributed by atoms with van der Waals surface area (Å²) >= 11 is 1.34. The molecule has 0 saturated heterocycles. The number of anilines is 1. The normalized spacial score (nSPS) is 10.7. The van der Waals surface area contributed by atoms with E-state index in [2.05, 4.69) is 15.5 Å². The van der Waals surface area contributed by atoms with Gasteiger partial charge in [0.1, 0.15) is 5.01 Å². The molecule has 1 heterocycles. The predicted octanol–water partition coefficient (Wildman–Crippen LogP) is 3.75. The Hall–Kier alpha value is -2.84. The standard InChI is InChI=1S/C19H20N4O3S/c24-16(11-2-1-3-12-17(25)23-26)20-19-22-21-18(27-19)15-10-6-8-13-7-4-5-9-14(13)15/h4-10,26H,1-3,11-12H2,(H,23,25)(H,20,22,24). The fourth-order valence-corrected chi connectivity index (χ4v) is 3.58. The van der Waals surface area contributed by atoms with E-state index in [0.717, 1.165) is 27.8 Å². The van der Waals surface area contributed by atoms with Crippen molar-refractivity contribution in [3.8, 4) is 10.6 Å². The number of benzene rings is 2. The van der Waals surface area contributed by atoms with Crippen LogP contribution < -0.4 is 10.8 Å². The van der Waals surface area contributed by atoms with Crippen LogP contribution in [0.3, 0.4) is 0 Å². The second kappa shape index (κ2) is 9.20. The molecule has 0 spiro atoms. The lowest BCUT2D eigenvalue weighted by Gasteiger charge is -2.02. The van der Waals surface area contributed by atoms with Crippen molar-refractivity contribution in [1.82, 2.24) is 15.7 Å². The number of unbranched alkanes of at least 4 members (excludes halogenated alkanes) is 2. The first-order valence-electron chi connectivity index (χ1n) is 8.72. The molecule has 0 aliphatic rings. The van der Waals surface area contributed by atoms with Crippen LogP contribution in [0.15, 0.2) is 42.5 Å². The second-order valence-corrected chi connectivity index (χ2v) is 7.06. The van der Waals surface area contributed by atoms with Crippen LogP contribution in [0, 0.1) is 0 Å². The van der Waals surface area contributed by atoms with E-state index in [4.69, 9.17) is 5.21 Å². The monoisotopic (exact) mass is 384 g/mol. The van der Waals surface area contributed by atoms with Gasteiger partial charge in [0.25, 0.3) is 0 Å². The van der Waals surface area contributed by atoms with Gasteiger partial charge in [-0.15, -0.1) is 10.2 Å². The van der Waals surface area contributed by atoms with E-state index in [-0.39, 0.29) is 12.3 Å². The number of nitrogens with one attached hydrogen (secondary N) is 2. The Morgan fingerprint density at radius 2 is 1.67 bits per heavy atom. The van der Waals surface area contributed by atoms with Gasteiger partial charge in [0.05, 0.1) is 0 Å². The molecular formula is C19H20N4O3S. The number of aromatic nitrogens is 2. The van der Waals surface area contributed by atoms with Gasteiger partial charge in [-0.3, -0.25) is 14.8 Å². The van der Waals surface area contributed by atoms with Crippen LogP contribution >= 0.6 is 11.3 Å². The molecule has 7 nitrogen and oxygen atoms in total. The maximum absolute atomic E-state index is 12.0. The zero-order valence-electron chi connectivity index (χ0n) is 14.6. The molecular weight excluding hydrogens is 364 g/mol. The van der Waals surface area contributed by atoms with Gasteiger partial charge in [-0.2, -0.15) is 0 Å². The molecule has 0 bridgehead atoms. The van der Waals surface area contributed by atoms with E-state index in [9.17, 15) is 9.59 Å². The zero-order chi connectivity index (χ0) is 19.1. The predicted molar refractivity (Wildman–Crippen MR) is 104 cm³/mol. The van der Waals surface area contributed by atoms with Gasteiger partial charge >= 0.3 is 0 Å². The van der Waals surface area contributed by atoms with E-state index >= 15 is 0 Å². The smallest absolute Gasteiger partial charge is 0.243 e. The topological polar surface area (TPSA) is 104 Å². The Labute approximate surface area is 160 Å². The number of hydrogen-bond acceptors (Lipinski definition) is 6. The van der Waals surface area contributed by atoms with Gasteiger partial charge < -0.3 is 5.32 Å². The van der Waals surface area contributed by atoms with Gasteiger partial charge in [-0.1, -0.05) is 60.2 Å². The zero-order valence-corrected chi connectivity index (χ0v) is 15.5. The Morgan fingerprint density at radius 3 is 2.48 bits per heavy atom. The summed E-state index contributed by atoms with van der Waals surface area (Å²) in [5.74, 6) is -0.531. The summed E-state index contributed by atoms with van der Waals surface area (Å²) in [5.41, 5.74) is 2.59. The van der Waals surface area contributed by atoms with Gasteiger partial charge in [0, 0.05) is 18.4 Å². The van der Waals surface area contributed by atoms with E-state index in [1.807, 2.05) is 42.5 Å². The van der Waals surface area contributed by atoms with Crippen molar-refractivity contribution in [3.05, 3.63) is 42.5 Å². The largest absolute Gasteiger partial charge is 0.301 e. The highest BCUT2D eigenvalue weighted by Crippen LogP contribution is 2.32. The minimum absolute atomic E-state index is 0.123. The number of hydroxylamine groups is 1. The van der Waals surface area contributed by atoms with E-state index < -0.39 is 5.91 Å². The van der Waals surface area contributed by atoms with Gasteiger partial charge in [0.2, 0.25) is 16.9 Å². The van der Waals surface area contributed by atoms with Crippen molar-refractivity contribution >= 4 is 39.1 Å². The molecule has 0 radical (unpaired) electrons. The summed E-state index contributed by atoms with van der Waals surface area (Å²) in [5, 5.41) is 22.9. The van der Waals surface area contributed by atoms with Gasteiger partial charge in [0.15, 0.2) is 0 Å². The van der Waals surface area contributed by atoms with Crippen LogP contribution in [-0.4, -0.2) is 27.2 Å². The number of carbonyl (C=O) groups is 2. The lowest BCUT2D eigenvalue weighted by atomic mass is 10.1. The van der Waals surface area contributed by atoms with E-state index in [1.54, 1.807) is 5.48 Å². The Balaban J connectivity index is 1.55. The first kappa shape index (κ1) is 18.9. The van der Waals surface area contributed by atoms with Crippen molar-refractivity contribution < 1.29 is 14.8 Å². The van der Waals surface area contributed by atoms with Crippen LogP contribution in [-0.2, 0) is 9.59 Å². The molecule has 2 amide bonds.